The van der Waals surface area contributed by atoms with Crippen LogP contribution < -0.4 is 9.80 Å². The minimum atomic E-state index is 0.667. The van der Waals surface area contributed by atoms with E-state index in [1.807, 2.05) is 0 Å². The highest BCUT2D eigenvalue weighted by molar-refractivity contribution is 5.46. The van der Waals surface area contributed by atoms with Gasteiger partial charge in [-0.25, -0.2) is 0 Å². The molecule has 2 aromatic rings. The van der Waals surface area contributed by atoms with Crippen LogP contribution in [-0.2, 0) is 0 Å². The summed E-state index contributed by atoms with van der Waals surface area (Å²) in [5.41, 5.74) is 2.85. The fraction of sp³-hybridized carbons (Fsp3) is 0.400. The van der Waals surface area contributed by atoms with E-state index in [-0.39, 0.29) is 0 Å². The highest BCUT2D eigenvalue weighted by atomic mass is 15.3. The number of nitrogens with one attached hydrogen (secondary N) is 1. The van der Waals surface area contributed by atoms with Crippen LogP contribution in [0, 0.1) is 0 Å². The number of hydrogen-bond acceptors (Lipinski definition) is 1. The molecule has 1 fully saturated rings. The molecule has 1 atom stereocenters. The van der Waals surface area contributed by atoms with Gasteiger partial charge < -0.3 is 9.80 Å². The van der Waals surface area contributed by atoms with E-state index < -0.39 is 0 Å². The Labute approximate surface area is 134 Å². The van der Waals surface area contributed by atoms with Crippen molar-refractivity contribution in [2.24, 2.45) is 0 Å². The van der Waals surface area contributed by atoms with Gasteiger partial charge in [-0.3, -0.25) is 0 Å². The SMILES string of the molecule is C[C@@H](CC[NH+]1CCN(c2ccccc2)CC1)c1ccccc1. The van der Waals surface area contributed by atoms with Gasteiger partial charge in [-0.2, -0.15) is 0 Å². The Kier molecular flexibility index (Phi) is 5.12. The molecule has 2 heteroatoms. The molecule has 2 aromatic carbocycles. The van der Waals surface area contributed by atoms with Gasteiger partial charge in [0.1, 0.15) is 0 Å². The summed E-state index contributed by atoms with van der Waals surface area (Å²) in [6.45, 7) is 8.53. The third kappa shape index (κ3) is 3.89. The first-order valence-electron chi connectivity index (χ1n) is 8.51. The Morgan fingerprint density at radius 1 is 0.909 bits per heavy atom. The average molecular weight is 295 g/mol. The first kappa shape index (κ1) is 15.1. The number of piperazine rings is 1. The van der Waals surface area contributed by atoms with E-state index in [1.165, 1.54) is 50.4 Å². The van der Waals surface area contributed by atoms with Gasteiger partial charge in [0, 0.05) is 12.1 Å². The van der Waals surface area contributed by atoms with Crippen molar-refractivity contribution in [3.05, 3.63) is 66.2 Å². The van der Waals surface area contributed by atoms with E-state index in [0.29, 0.717) is 5.92 Å². The second-order valence-corrected chi connectivity index (χ2v) is 6.42. The first-order valence-corrected chi connectivity index (χ1v) is 8.51. The van der Waals surface area contributed by atoms with Crippen LogP contribution in [0.25, 0.3) is 0 Å². The third-order valence-electron chi connectivity index (χ3n) is 4.89. The lowest BCUT2D eigenvalue weighted by atomic mass is 9.97. The quantitative estimate of drug-likeness (QED) is 0.891. The van der Waals surface area contributed by atoms with Crippen molar-refractivity contribution in [3.8, 4) is 0 Å². The predicted octanol–water partition coefficient (Wildman–Crippen LogP) is 2.59. The van der Waals surface area contributed by atoms with Crippen molar-refractivity contribution < 1.29 is 4.90 Å². The van der Waals surface area contributed by atoms with E-state index in [2.05, 4.69) is 72.5 Å². The van der Waals surface area contributed by atoms with Gasteiger partial charge in [0.05, 0.1) is 32.7 Å². The Hall–Kier alpha value is -1.80. The Morgan fingerprint density at radius 2 is 1.50 bits per heavy atom. The zero-order valence-corrected chi connectivity index (χ0v) is 13.5. The lowest BCUT2D eigenvalue weighted by Gasteiger charge is -2.34. The minimum absolute atomic E-state index is 0.667. The van der Waals surface area contributed by atoms with Crippen molar-refractivity contribution in [3.63, 3.8) is 0 Å². The van der Waals surface area contributed by atoms with E-state index in [4.69, 9.17) is 0 Å². The molecule has 0 bridgehead atoms. The average Bonchev–Trinajstić information content (AvgIpc) is 2.61. The maximum absolute atomic E-state index is 2.52. The molecule has 0 amide bonds. The molecule has 116 valence electrons. The van der Waals surface area contributed by atoms with Crippen molar-refractivity contribution in [1.82, 2.24) is 0 Å². The first-order chi connectivity index (χ1) is 10.8. The van der Waals surface area contributed by atoms with Crippen molar-refractivity contribution in [2.45, 2.75) is 19.3 Å². The van der Waals surface area contributed by atoms with E-state index in [1.54, 1.807) is 4.90 Å². The fourth-order valence-corrected chi connectivity index (χ4v) is 3.34. The number of rotatable bonds is 5. The van der Waals surface area contributed by atoms with Crippen LogP contribution in [0.2, 0.25) is 0 Å². The number of hydrogen-bond donors (Lipinski definition) is 1. The Bertz CT molecular complexity index is 544. The summed E-state index contributed by atoms with van der Waals surface area (Å²) in [6.07, 6.45) is 1.28. The molecule has 3 rings (SSSR count). The molecule has 1 aliphatic heterocycles. The highest BCUT2D eigenvalue weighted by Crippen LogP contribution is 2.17. The molecule has 0 spiro atoms. The molecule has 1 saturated heterocycles. The molecule has 1 N–H and O–H groups in total. The van der Waals surface area contributed by atoms with E-state index in [9.17, 15) is 0 Å². The van der Waals surface area contributed by atoms with Gasteiger partial charge in [0.15, 0.2) is 0 Å². The maximum Gasteiger partial charge on any atom is 0.0949 e. The lowest BCUT2D eigenvalue weighted by molar-refractivity contribution is -0.901. The molecule has 0 radical (unpaired) electrons. The van der Waals surface area contributed by atoms with Crippen molar-refractivity contribution in [2.75, 3.05) is 37.6 Å². The maximum atomic E-state index is 2.52. The standard InChI is InChI=1S/C20H26N2/c1-18(19-8-4-2-5-9-19)12-13-21-14-16-22(17-15-21)20-10-6-3-7-11-20/h2-11,18H,12-17H2,1H3/p+1/t18-/m0/s1. The summed E-state index contributed by atoms with van der Waals surface area (Å²) in [6, 6.07) is 21.7. The molecule has 0 aliphatic carbocycles. The van der Waals surface area contributed by atoms with Gasteiger partial charge in [-0.05, 0) is 23.6 Å². The topological polar surface area (TPSA) is 7.68 Å². The molecule has 0 aromatic heterocycles. The van der Waals surface area contributed by atoms with Crippen molar-refractivity contribution >= 4 is 5.69 Å². The van der Waals surface area contributed by atoms with E-state index >= 15 is 0 Å². The van der Waals surface area contributed by atoms with Gasteiger partial charge in [0.25, 0.3) is 0 Å². The van der Waals surface area contributed by atoms with Crippen LogP contribution in [0.3, 0.4) is 0 Å². The van der Waals surface area contributed by atoms with E-state index in [0.717, 1.165) is 0 Å². The normalized spacial score (nSPS) is 17.4. The van der Waals surface area contributed by atoms with Crippen LogP contribution in [-0.4, -0.2) is 32.7 Å². The molecule has 0 saturated carbocycles. The zero-order valence-electron chi connectivity index (χ0n) is 13.5. The van der Waals surface area contributed by atoms with Crippen LogP contribution in [0.1, 0.15) is 24.8 Å². The number of para-hydroxylation sites is 1. The largest absolute Gasteiger partial charge is 0.360 e. The van der Waals surface area contributed by atoms with Crippen LogP contribution in [0.4, 0.5) is 5.69 Å². The summed E-state index contributed by atoms with van der Waals surface area (Å²) in [5.74, 6) is 0.667. The monoisotopic (exact) mass is 295 g/mol. The minimum Gasteiger partial charge on any atom is -0.360 e. The number of nitrogens with zero attached hydrogens (tertiary/aromatic N) is 1. The van der Waals surface area contributed by atoms with Gasteiger partial charge in [0.2, 0.25) is 0 Å². The molecule has 1 heterocycles. The summed E-state index contributed by atoms with van der Waals surface area (Å²) < 4.78 is 0. The Morgan fingerprint density at radius 3 is 2.14 bits per heavy atom. The highest BCUT2D eigenvalue weighted by Gasteiger charge is 2.20. The number of anilines is 1. The summed E-state index contributed by atoms with van der Waals surface area (Å²) >= 11 is 0. The number of benzene rings is 2. The second-order valence-electron chi connectivity index (χ2n) is 6.42. The van der Waals surface area contributed by atoms with Gasteiger partial charge >= 0.3 is 0 Å². The van der Waals surface area contributed by atoms with Crippen LogP contribution in [0.15, 0.2) is 60.7 Å². The fourth-order valence-electron chi connectivity index (χ4n) is 3.34. The van der Waals surface area contributed by atoms with Gasteiger partial charge in [-0.1, -0.05) is 55.5 Å². The van der Waals surface area contributed by atoms with Crippen LogP contribution in [0.5, 0.6) is 0 Å². The smallest absolute Gasteiger partial charge is 0.0949 e. The molecular weight excluding hydrogens is 268 g/mol. The zero-order chi connectivity index (χ0) is 15.2. The Balaban J connectivity index is 1.44. The van der Waals surface area contributed by atoms with Crippen LogP contribution >= 0.6 is 0 Å². The summed E-state index contributed by atoms with van der Waals surface area (Å²) in [4.78, 5) is 4.28. The molecule has 2 nitrogen and oxygen atoms in total. The molecule has 0 unspecified atom stereocenters. The third-order valence-corrected chi connectivity index (χ3v) is 4.89. The summed E-state index contributed by atoms with van der Waals surface area (Å²) in [7, 11) is 0. The molecular formula is C20H27N2+. The number of quaternary nitrogens is 1. The second kappa shape index (κ2) is 7.46. The molecule has 1 aliphatic rings. The lowest BCUT2D eigenvalue weighted by Crippen LogP contribution is -3.14. The molecule has 22 heavy (non-hydrogen) atoms. The van der Waals surface area contributed by atoms with Gasteiger partial charge in [-0.15, -0.1) is 0 Å². The van der Waals surface area contributed by atoms with Crippen molar-refractivity contribution in [1.29, 1.82) is 0 Å². The summed E-state index contributed by atoms with van der Waals surface area (Å²) in [5, 5.41) is 0. The predicted molar refractivity (Wildman–Crippen MR) is 93.7 cm³/mol.